The van der Waals surface area contributed by atoms with E-state index in [1.165, 1.54) is 48.5 Å². The summed E-state index contributed by atoms with van der Waals surface area (Å²) < 4.78 is 32.7. The summed E-state index contributed by atoms with van der Waals surface area (Å²) in [7, 11) is 0. The number of carbonyl (C=O) groups excluding carboxylic acids is 1. The fraction of sp³-hybridized carbons (Fsp3) is 0.289. The lowest BCUT2D eigenvalue weighted by Gasteiger charge is -2.43. The maximum atomic E-state index is 16.4. The molecule has 262 valence electrons. The number of carboxylic acid groups (broad SMARTS) is 2. The number of halogens is 4. The van der Waals surface area contributed by atoms with Gasteiger partial charge in [0.1, 0.15) is 11.6 Å². The molecule has 0 saturated carbocycles. The van der Waals surface area contributed by atoms with Crippen LogP contribution in [0.25, 0.3) is 0 Å². The van der Waals surface area contributed by atoms with Crippen molar-refractivity contribution in [3.8, 4) is 0 Å². The smallest absolute Gasteiger partial charge is 0.335 e. The number of rotatable bonds is 11. The van der Waals surface area contributed by atoms with Crippen LogP contribution in [0.1, 0.15) is 70.5 Å². The van der Waals surface area contributed by atoms with Crippen LogP contribution in [0.3, 0.4) is 0 Å². The molecule has 0 bridgehead atoms. The van der Waals surface area contributed by atoms with Crippen molar-refractivity contribution in [3.63, 3.8) is 0 Å². The van der Waals surface area contributed by atoms with Crippen molar-refractivity contribution in [2.24, 2.45) is 5.41 Å². The van der Waals surface area contributed by atoms with E-state index in [2.05, 4.69) is 16.0 Å². The lowest BCUT2D eigenvalue weighted by Crippen LogP contribution is -2.51. The van der Waals surface area contributed by atoms with Crippen molar-refractivity contribution in [2.45, 2.75) is 57.2 Å². The minimum Gasteiger partial charge on any atom is -0.478 e. The van der Waals surface area contributed by atoms with Crippen molar-refractivity contribution in [1.82, 2.24) is 10.6 Å². The number of amides is 1. The van der Waals surface area contributed by atoms with Crippen LogP contribution in [0.15, 0.2) is 84.9 Å². The van der Waals surface area contributed by atoms with Crippen LogP contribution >= 0.6 is 23.2 Å². The topological polar surface area (TPSA) is 128 Å². The Balaban J connectivity index is 1.68. The first-order valence-corrected chi connectivity index (χ1v) is 16.7. The summed E-state index contributed by atoms with van der Waals surface area (Å²) in [6, 6.07) is 19.1. The standard InChI is InChI=1S/C38H37Cl2F2N3O5/c1-37(2,3)18-30-38(27-16-13-24(39)17-29(27)41,20-43-19-21-7-9-22(10-8-21)35(47)48)31(26-5-4-6-28(40)32(26)42)33(45-30)34(46)44-25-14-11-23(12-15-25)36(49)50/h4-17,30-31,33,43,45H,18-20H2,1-3H3,(H,44,46)(H,47,48)(H,49,50)/t30-,31-,33+,38-/m0/s1. The van der Waals surface area contributed by atoms with Gasteiger partial charge in [-0.25, -0.2) is 18.4 Å². The van der Waals surface area contributed by atoms with E-state index in [1.54, 1.807) is 36.4 Å². The molecular weight excluding hydrogens is 687 g/mol. The average molecular weight is 725 g/mol. The Hall–Kier alpha value is -4.35. The number of nitrogens with one attached hydrogen (secondary N) is 3. The molecule has 1 aliphatic heterocycles. The molecule has 0 spiro atoms. The third kappa shape index (κ3) is 7.84. The van der Waals surface area contributed by atoms with Crippen molar-refractivity contribution in [3.05, 3.63) is 134 Å². The molecule has 5 rings (SSSR count). The van der Waals surface area contributed by atoms with Gasteiger partial charge in [-0.05, 0) is 83.1 Å². The SMILES string of the molecule is CC(C)(C)C[C@@H]1N[C@@H](C(=O)Nc2ccc(C(=O)O)cc2)[C@H](c2cccc(Cl)c2F)[C@@]1(CNCc1ccc(C(=O)O)cc1)c1ccc(Cl)cc1F. The summed E-state index contributed by atoms with van der Waals surface area (Å²) in [5, 5.41) is 28.4. The fourth-order valence-electron chi connectivity index (χ4n) is 6.92. The van der Waals surface area contributed by atoms with E-state index in [1.807, 2.05) is 20.8 Å². The average Bonchev–Trinajstić information content (AvgIpc) is 3.35. The van der Waals surface area contributed by atoms with Gasteiger partial charge in [0.15, 0.2) is 0 Å². The van der Waals surface area contributed by atoms with Gasteiger partial charge in [0.05, 0.1) is 22.2 Å². The van der Waals surface area contributed by atoms with Gasteiger partial charge in [0, 0.05) is 41.2 Å². The molecular formula is C38H37Cl2F2N3O5. The second kappa shape index (κ2) is 14.9. The molecule has 0 aromatic heterocycles. The molecule has 4 atom stereocenters. The second-order valence-electron chi connectivity index (χ2n) is 13.7. The van der Waals surface area contributed by atoms with Crippen LogP contribution < -0.4 is 16.0 Å². The van der Waals surface area contributed by atoms with Crippen molar-refractivity contribution >= 4 is 46.7 Å². The fourth-order valence-corrected chi connectivity index (χ4v) is 7.26. The van der Waals surface area contributed by atoms with Gasteiger partial charge >= 0.3 is 11.9 Å². The number of hydrogen-bond donors (Lipinski definition) is 5. The molecule has 0 radical (unpaired) electrons. The predicted octanol–water partition coefficient (Wildman–Crippen LogP) is 7.89. The molecule has 50 heavy (non-hydrogen) atoms. The van der Waals surface area contributed by atoms with Crippen LogP contribution in [0.5, 0.6) is 0 Å². The minimum atomic E-state index is -1.33. The number of anilines is 1. The van der Waals surface area contributed by atoms with Gasteiger partial charge in [0.2, 0.25) is 5.91 Å². The van der Waals surface area contributed by atoms with Gasteiger partial charge < -0.3 is 26.2 Å². The van der Waals surface area contributed by atoms with Crippen LogP contribution in [0.4, 0.5) is 14.5 Å². The first kappa shape index (κ1) is 36.9. The van der Waals surface area contributed by atoms with E-state index in [9.17, 15) is 24.6 Å². The Morgan fingerprint density at radius 3 is 2.08 bits per heavy atom. The number of aromatic carboxylic acids is 2. The molecule has 1 saturated heterocycles. The molecule has 0 unspecified atom stereocenters. The highest BCUT2D eigenvalue weighted by Crippen LogP contribution is 2.53. The molecule has 5 N–H and O–H groups in total. The summed E-state index contributed by atoms with van der Waals surface area (Å²) in [5.41, 5.74) is -0.138. The van der Waals surface area contributed by atoms with Gasteiger partial charge in [-0.15, -0.1) is 0 Å². The van der Waals surface area contributed by atoms with E-state index in [0.717, 1.165) is 5.56 Å². The predicted molar refractivity (Wildman–Crippen MR) is 189 cm³/mol. The van der Waals surface area contributed by atoms with Crippen LogP contribution in [-0.2, 0) is 16.8 Å². The van der Waals surface area contributed by atoms with E-state index < -0.39 is 52.9 Å². The van der Waals surface area contributed by atoms with Gasteiger partial charge in [-0.1, -0.05) is 74.3 Å². The van der Waals surface area contributed by atoms with Gasteiger partial charge in [-0.3, -0.25) is 4.79 Å². The van der Waals surface area contributed by atoms with Gasteiger partial charge in [0.25, 0.3) is 0 Å². The molecule has 0 aliphatic carbocycles. The van der Waals surface area contributed by atoms with Crippen molar-refractivity contribution < 1.29 is 33.4 Å². The molecule has 12 heteroatoms. The monoisotopic (exact) mass is 723 g/mol. The zero-order valence-electron chi connectivity index (χ0n) is 27.6. The second-order valence-corrected chi connectivity index (χ2v) is 14.6. The number of carbonyl (C=O) groups is 3. The lowest BCUT2D eigenvalue weighted by molar-refractivity contribution is -0.118. The van der Waals surface area contributed by atoms with Crippen molar-refractivity contribution in [2.75, 3.05) is 11.9 Å². The summed E-state index contributed by atoms with van der Waals surface area (Å²) in [6.07, 6.45) is 0.430. The van der Waals surface area contributed by atoms with E-state index >= 15 is 8.78 Å². The normalized spacial score (nSPS) is 20.4. The number of hydrogen-bond acceptors (Lipinski definition) is 5. The highest BCUT2D eigenvalue weighted by Gasteiger charge is 2.60. The van der Waals surface area contributed by atoms with Crippen LogP contribution in [-0.4, -0.2) is 46.7 Å². The van der Waals surface area contributed by atoms with Crippen molar-refractivity contribution in [1.29, 1.82) is 0 Å². The lowest BCUT2D eigenvalue weighted by atomic mass is 9.61. The Morgan fingerprint density at radius 2 is 1.50 bits per heavy atom. The van der Waals surface area contributed by atoms with E-state index in [-0.39, 0.29) is 50.8 Å². The third-order valence-corrected chi connectivity index (χ3v) is 9.61. The molecule has 4 aromatic carbocycles. The summed E-state index contributed by atoms with van der Waals surface area (Å²) in [4.78, 5) is 37.2. The first-order chi connectivity index (χ1) is 23.6. The van der Waals surface area contributed by atoms with E-state index in [4.69, 9.17) is 23.2 Å². The summed E-state index contributed by atoms with van der Waals surface area (Å²) in [5.74, 6) is -5.15. The summed E-state index contributed by atoms with van der Waals surface area (Å²) >= 11 is 12.6. The molecule has 8 nitrogen and oxygen atoms in total. The largest absolute Gasteiger partial charge is 0.478 e. The summed E-state index contributed by atoms with van der Waals surface area (Å²) in [6.45, 7) is 6.34. The zero-order chi connectivity index (χ0) is 36.4. The number of carboxylic acids is 2. The third-order valence-electron chi connectivity index (χ3n) is 9.09. The molecule has 1 aliphatic rings. The Morgan fingerprint density at radius 1 is 0.880 bits per heavy atom. The molecule has 1 amide bonds. The zero-order valence-corrected chi connectivity index (χ0v) is 29.1. The Bertz CT molecular complexity index is 1900. The van der Waals surface area contributed by atoms with E-state index in [0.29, 0.717) is 12.1 Å². The van der Waals surface area contributed by atoms with Crippen LogP contribution in [0.2, 0.25) is 10.0 Å². The molecule has 1 heterocycles. The highest BCUT2D eigenvalue weighted by atomic mass is 35.5. The molecule has 4 aromatic rings. The molecule has 1 fully saturated rings. The maximum absolute atomic E-state index is 16.4. The Labute approximate surface area is 298 Å². The maximum Gasteiger partial charge on any atom is 0.335 e. The first-order valence-electron chi connectivity index (χ1n) is 15.9. The number of benzene rings is 4. The van der Waals surface area contributed by atoms with Crippen LogP contribution in [0, 0.1) is 17.0 Å². The highest BCUT2D eigenvalue weighted by molar-refractivity contribution is 6.31. The minimum absolute atomic E-state index is 0.0343. The Kier molecular flexibility index (Phi) is 11.0. The quantitative estimate of drug-likeness (QED) is 0.107. The van der Waals surface area contributed by atoms with Gasteiger partial charge in [-0.2, -0.15) is 0 Å².